The van der Waals surface area contributed by atoms with E-state index in [0.717, 1.165) is 18.4 Å². The smallest absolute Gasteiger partial charge is 0.320 e. The van der Waals surface area contributed by atoms with Crippen molar-refractivity contribution in [3.63, 3.8) is 0 Å². The highest BCUT2D eigenvalue weighted by molar-refractivity contribution is 6.19. The molecule has 0 spiro atoms. The molecule has 0 aliphatic carbocycles. The molecule has 1 aliphatic rings. The van der Waals surface area contributed by atoms with Crippen LogP contribution in [-0.2, 0) is 17.8 Å². The second-order valence-corrected chi connectivity index (χ2v) is 4.96. The maximum absolute atomic E-state index is 12.0. The first-order chi connectivity index (χ1) is 9.20. The number of fused-ring (bicyclic) bond motifs is 1. The van der Waals surface area contributed by atoms with Crippen LogP contribution in [0.1, 0.15) is 24.0 Å². The first kappa shape index (κ1) is 13.9. The predicted molar refractivity (Wildman–Crippen MR) is 74.0 cm³/mol. The van der Waals surface area contributed by atoms with E-state index in [1.165, 1.54) is 5.56 Å². The summed E-state index contributed by atoms with van der Waals surface area (Å²) in [5.41, 5.74) is 2.44. The number of nitrogens with one attached hydrogen (secondary N) is 1. The lowest BCUT2D eigenvalue weighted by molar-refractivity contribution is -0.119. The Hall–Kier alpha value is -1.55. The molecule has 0 unspecified atom stereocenters. The zero-order valence-electron chi connectivity index (χ0n) is 10.7. The fourth-order valence-corrected chi connectivity index (χ4v) is 2.39. The van der Waals surface area contributed by atoms with Gasteiger partial charge in [-0.15, -0.1) is 11.6 Å². The second kappa shape index (κ2) is 6.57. The molecule has 0 saturated carbocycles. The number of aryl methyl sites for hydroxylation is 1. The van der Waals surface area contributed by atoms with Crippen LogP contribution in [0.3, 0.4) is 0 Å². The van der Waals surface area contributed by atoms with Crippen molar-refractivity contribution in [2.24, 2.45) is 0 Å². The van der Waals surface area contributed by atoms with Gasteiger partial charge in [0, 0.05) is 25.4 Å². The van der Waals surface area contributed by atoms with Crippen molar-refractivity contribution in [2.45, 2.75) is 25.8 Å². The van der Waals surface area contributed by atoms with E-state index in [1.807, 2.05) is 18.2 Å². The van der Waals surface area contributed by atoms with E-state index >= 15 is 0 Å². The van der Waals surface area contributed by atoms with Gasteiger partial charge in [-0.1, -0.05) is 24.3 Å². The molecule has 0 saturated heterocycles. The first-order valence-corrected chi connectivity index (χ1v) is 6.95. The average Bonchev–Trinajstić information content (AvgIpc) is 2.61. The fourth-order valence-electron chi connectivity index (χ4n) is 2.22. The zero-order chi connectivity index (χ0) is 13.7. The molecule has 1 aromatic carbocycles. The van der Waals surface area contributed by atoms with Gasteiger partial charge in [0.2, 0.25) is 5.91 Å². The number of halogens is 1. The fraction of sp³-hybridized carbons (Fsp3) is 0.429. The summed E-state index contributed by atoms with van der Waals surface area (Å²) in [6, 6.07) is 7.78. The topological polar surface area (TPSA) is 49.4 Å². The van der Waals surface area contributed by atoms with Gasteiger partial charge in [0.05, 0.1) is 0 Å². The largest absolute Gasteiger partial charge is 0.324 e. The van der Waals surface area contributed by atoms with Crippen LogP contribution >= 0.6 is 11.6 Å². The molecule has 1 heterocycles. The number of urea groups is 1. The van der Waals surface area contributed by atoms with Crippen molar-refractivity contribution in [1.29, 1.82) is 0 Å². The Balaban J connectivity index is 2.02. The third kappa shape index (κ3) is 3.70. The van der Waals surface area contributed by atoms with E-state index in [4.69, 9.17) is 11.6 Å². The molecule has 2 rings (SSSR count). The zero-order valence-corrected chi connectivity index (χ0v) is 11.4. The summed E-state index contributed by atoms with van der Waals surface area (Å²) in [4.78, 5) is 25.1. The molecule has 0 radical (unpaired) electrons. The minimum Gasteiger partial charge on any atom is -0.320 e. The summed E-state index contributed by atoms with van der Waals surface area (Å²) in [7, 11) is 0. The Morgan fingerprint density at radius 3 is 2.74 bits per heavy atom. The Kier molecular flexibility index (Phi) is 4.80. The number of imide groups is 1. The van der Waals surface area contributed by atoms with Crippen molar-refractivity contribution in [2.75, 3.05) is 12.4 Å². The molecular formula is C14H17ClN2O2. The van der Waals surface area contributed by atoms with Crippen LogP contribution in [0, 0.1) is 0 Å². The second-order valence-electron chi connectivity index (χ2n) is 4.59. The molecule has 3 amide bonds. The molecule has 0 aromatic heterocycles. The van der Waals surface area contributed by atoms with Gasteiger partial charge in [0.15, 0.2) is 0 Å². The number of hydrogen-bond acceptors (Lipinski definition) is 2. The third-order valence-electron chi connectivity index (χ3n) is 3.21. The number of alkyl halides is 1. The molecule has 1 aliphatic heterocycles. The summed E-state index contributed by atoms with van der Waals surface area (Å²) < 4.78 is 0. The van der Waals surface area contributed by atoms with Crippen LogP contribution in [0.25, 0.3) is 0 Å². The van der Waals surface area contributed by atoms with Crippen LogP contribution in [0.4, 0.5) is 4.79 Å². The number of rotatable bonds is 2. The van der Waals surface area contributed by atoms with E-state index in [0.29, 0.717) is 13.1 Å². The van der Waals surface area contributed by atoms with Crippen LogP contribution in [0.5, 0.6) is 0 Å². The van der Waals surface area contributed by atoms with Crippen LogP contribution in [0.2, 0.25) is 0 Å². The van der Waals surface area contributed by atoms with E-state index in [2.05, 4.69) is 11.4 Å². The molecule has 0 bridgehead atoms. The van der Waals surface area contributed by atoms with Gasteiger partial charge in [0.25, 0.3) is 0 Å². The number of hydrogen-bond donors (Lipinski definition) is 1. The van der Waals surface area contributed by atoms with E-state index < -0.39 is 0 Å². The van der Waals surface area contributed by atoms with Gasteiger partial charge in [-0.05, 0) is 24.0 Å². The van der Waals surface area contributed by atoms with Crippen molar-refractivity contribution in [3.8, 4) is 0 Å². The molecule has 0 fully saturated rings. The molecule has 1 aromatic rings. The normalized spacial score (nSPS) is 14.5. The Labute approximate surface area is 117 Å². The van der Waals surface area contributed by atoms with Gasteiger partial charge in [0.1, 0.15) is 0 Å². The van der Waals surface area contributed by atoms with Gasteiger partial charge in [-0.2, -0.15) is 0 Å². The highest BCUT2D eigenvalue weighted by Crippen LogP contribution is 2.18. The molecule has 0 atom stereocenters. The van der Waals surface area contributed by atoms with Crippen LogP contribution in [-0.4, -0.2) is 29.3 Å². The molecule has 19 heavy (non-hydrogen) atoms. The van der Waals surface area contributed by atoms with E-state index in [1.54, 1.807) is 4.90 Å². The maximum Gasteiger partial charge on any atom is 0.324 e. The number of carbonyl (C=O) groups is 2. The highest BCUT2D eigenvalue weighted by Gasteiger charge is 2.19. The SMILES string of the molecule is O=C(CCCl)NC(=O)N1CCCc2ccccc2C1. The summed E-state index contributed by atoms with van der Waals surface area (Å²) in [5.74, 6) is -0.0976. The average molecular weight is 281 g/mol. The number of amides is 3. The lowest BCUT2D eigenvalue weighted by atomic mass is 10.0. The Morgan fingerprint density at radius 2 is 2.00 bits per heavy atom. The van der Waals surface area contributed by atoms with E-state index in [-0.39, 0.29) is 24.2 Å². The quantitative estimate of drug-likeness (QED) is 0.845. The molecule has 5 heteroatoms. The number of benzene rings is 1. The minimum absolute atomic E-state index is 0.164. The number of carbonyl (C=O) groups excluding carboxylic acids is 2. The summed E-state index contributed by atoms with van der Waals surface area (Å²) in [6.45, 7) is 1.21. The molecule has 102 valence electrons. The number of nitrogens with zero attached hydrogens (tertiary/aromatic N) is 1. The van der Waals surface area contributed by atoms with Gasteiger partial charge >= 0.3 is 6.03 Å². The van der Waals surface area contributed by atoms with Crippen LogP contribution < -0.4 is 5.32 Å². The maximum atomic E-state index is 12.0. The summed E-state index contributed by atoms with van der Waals surface area (Å²) in [6.07, 6.45) is 2.04. The molecule has 1 N–H and O–H groups in total. The summed E-state index contributed by atoms with van der Waals surface area (Å²) in [5, 5.41) is 2.37. The predicted octanol–water partition coefficient (Wildman–Crippen LogP) is 2.30. The van der Waals surface area contributed by atoms with Gasteiger partial charge < -0.3 is 4.90 Å². The van der Waals surface area contributed by atoms with Crippen molar-refractivity contribution in [1.82, 2.24) is 10.2 Å². The molecular weight excluding hydrogens is 264 g/mol. The van der Waals surface area contributed by atoms with E-state index in [9.17, 15) is 9.59 Å². The van der Waals surface area contributed by atoms with Crippen LogP contribution in [0.15, 0.2) is 24.3 Å². The highest BCUT2D eigenvalue weighted by atomic mass is 35.5. The third-order valence-corrected chi connectivity index (χ3v) is 3.40. The minimum atomic E-state index is -0.327. The lowest BCUT2D eigenvalue weighted by Gasteiger charge is -2.20. The van der Waals surface area contributed by atoms with Crippen molar-refractivity contribution in [3.05, 3.63) is 35.4 Å². The van der Waals surface area contributed by atoms with Gasteiger partial charge in [-0.3, -0.25) is 10.1 Å². The van der Waals surface area contributed by atoms with Crippen molar-refractivity contribution >= 4 is 23.5 Å². The van der Waals surface area contributed by atoms with Crippen molar-refractivity contribution < 1.29 is 9.59 Å². The Bertz CT molecular complexity index is 476. The Morgan fingerprint density at radius 1 is 1.26 bits per heavy atom. The summed E-state index contributed by atoms with van der Waals surface area (Å²) >= 11 is 5.47. The standard InChI is InChI=1S/C14H17ClN2O2/c15-8-7-13(18)16-14(19)17-9-3-6-11-4-1-2-5-12(11)10-17/h1-2,4-5H,3,6-10H2,(H,16,18,19). The van der Waals surface area contributed by atoms with Gasteiger partial charge in [-0.25, -0.2) is 4.79 Å². The monoisotopic (exact) mass is 280 g/mol. The molecule has 4 nitrogen and oxygen atoms in total. The first-order valence-electron chi connectivity index (χ1n) is 6.42. The lowest BCUT2D eigenvalue weighted by Crippen LogP contribution is -2.42.